The number of aliphatic hydroxyl groups is 1. The van der Waals surface area contributed by atoms with Gasteiger partial charge in [-0.3, -0.25) is 0 Å². The number of benzene rings is 1. The lowest BCUT2D eigenvalue weighted by Gasteiger charge is -2.07. The molecule has 0 unspecified atom stereocenters. The molecule has 0 aliphatic heterocycles. The molecule has 12 heavy (non-hydrogen) atoms. The van der Waals surface area contributed by atoms with Gasteiger partial charge in [-0.25, -0.2) is 0 Å². The summed E-state index contributed by atoms with van der Waals surface area (Å²) in [6, 6.07) is 3.26. The summed E-state index contributed by atoms with van der Waals surface area (Å²) < 4.78 is 4.94. The van der Waals surface area contributed by atoms with Crippen LogP contribution in [0.15, 0.2) is 12.1 Å². The average molecular weight is 188 g/mol. The summed E-state index contributed by atoms with van der Waals surface area (Å²) in [5.41, 5.74) is 6.55. The molecule has 0 atom stereocenters. The van der Waals surface area contributed by atoms with Crippen molar-refractivity contribution in [1.29, 1.82) is 0 Å². The maximum atomic E-state index is 8.87. The minimum atomic E-state index is -0.136. The van der Waals surface area contributed by atoms with Crippen molar-refractivity contribution >= 4 is 17.3 Å². The summed E-state index contributed by atoms with van der Waals surface area (Å²) in [5, 5.41) is 9.27. The normalized spacial score (nSPS) is 9.92. The van der Waals surface area contributed by atoms with E-state index in [9.17, 15) is 0 Å². The van der Waals surface area contributed by atoms with Gasteiger partial charge in [0.2, 0.25) is 0 Å². The third-order valence-corrected chi connectivity index (χ3v) is 1.91. The highest BCUT2D eigenvalue weighted by Crippen LogP contribution is 2.28. The number of aliphatic hydroxyl groups excluding tert-OH is 1. The Kier molecular flexibility index (Phi) is 2.78. The van der Waals surface area contributed by atoms with Gasteiger partial charge in [0.05, 0.1) is 24.4 Å². The lowest BCUT2D eigenvalue weighted by Crippen LogP contribution is -1.96. The first kappa shape index (κ1) is 9.16. The number of hydrogen-bond donors (Lipinski definition) is 2. The van der Waals surface area contributed by atoms with Crippen LogP contribution in [0.2, 0.25) is 5.02 Å². The molecule has 0 saturated carbocycles. The fraction of sp³-hybridized carbons (Fsp3) is 0.250. The highest BCUT2D eigenvalue weighted by Gasteiger charge is 2.05. The third kappa shape index (κ3) is 1.62. The van der Waals surface area contributed by atoms with Gasteiger partial charge in [0.25, 0.3) is 0 Å². The number of nitrogen functional groups attached to an aromatic ring is 1. The van der Waals surface area contributed by atoms with Crippen molar-refractivity contribution in [3.05, 3.63) is 22.7 Å². The van der Waals surface area contributed by atoms with Gasteiger partial charge in [-0.05, 0) is 6.07 Å². The van der Waals surface area contributed by atoms with Gasteiger partial charge in [-0.1, -0.05) is 11.6 Å². The third-order valence-electron chi connectivity index (χ3n) is 1.59. The van der Waals surface area contributed by atoms with E-state index >= 15 is 0 Å². The highest BCUT2D eigenvalue weighted by molar-refractivity contribution is 6.33. The van der Waals surface area contributed by atoms with Gasteiger partial charge in [-0.2, -0.15) is 0 Å². The zero-order chi connectivity index (χ0) is 9.14. The topological polar surface area (TPSA) is 55.5 Å². The predicted octanol–water partition coefficient (Wildman–Crippen LogP) is 1.42. The fourth-order valence-electron chi connectivity index (χ4n) is 0.896. The van der Waals surface area contributed by atoms with Crippen molar-refractivity contribution in [3.63, 3.8) is 0 Å². The fourth-order valence-corrected chi connectivity index (χ4v) is 1.12. The predicted molar refractivity (Wildman–Crippen MR) is 48.3 cm³/mol. The van der Waals surface area contributed by atoms with Gasteiger partial charge in [0.1, 0.15) is 5.75 Å². The molecule has 0 aliphatic carbocycles. The van der Waals surface area contributed by atoms with Gasteiger partial charge < -0.3 is 15.6 Å². The molecule has 0 aliphatic rings. The summed E-state index contributed by atoms with van der Waals surface area (Å²) in [4.78, 5) is 0. The molecule has 1 aromatic rings. The van der Waals surface area contributed by atoms with E-state index in [0.29, 0.717) is 22.0 Å². The van der Waals surface area contributed by atoms with E-state index in [1.807, 2.05) is 0 Å². The molecule has 0 amide bonds. The van der Waals surface area contributed by atoms with Crippen LogP contribution in [0.5, 0.6) is 5.75 Å². The van der Waals surface area contributed by atoms with Crippen LogP contribution in [0.3, 0.4) is 0 Å². The molecule has 66 valence electrons. The molecule has 1 aromatic carbocycles. The molecule has 0 bridgehead atoms. The maximum Gasteiger partial charge on any atom is 0.120 e. The second-order valence-electron chi connectivity index (χ2n) is 2.34. The Bertz CT molecular complexity index is 289. The SMILES string of the molecule is COc1cc(Cl)c(N)c(CO)c1. The molecular formula is C8H10ClNO2. The van der Waals surface area contributed by atoms with Crippen LogP contribution in [0, 0.1) is 0 Å². The Morgan fingerprint density at radius 3 is 2.75 bits per heavy atom. The maximum absolute atomic E-state index is 8.87. The number of methoxy groups -OCH3 is 1. The number of anilines is 1. The summed E-state index contributed by atoms with van der Waals surface area (Å²) in [6.45, 7) is -0.136. The minimum absolute atomic E-state index is 0.136. The molecule has 1 rings (SSSR count). The van der Waals surface area contributed by atoms with Crippen LogP contribution in [0.25, 0.3) is 0 Å². The Labute approximate surface area is 75.7 Å². The smallest absolute Gasteiger partial charge is 0.120 e. The molecule has 0 aromatic heterocycles. The van der Waals surface area contributed by atoms with Crippen molar-refractivity contribution in [2.24, 2.45) is 0 Å². The lowest BCUT2D eigenvalue weighted by atomic mass is 10.2. The standard InChI is InChI=1S/C8H10ClNO2/c1-12-6-2-5(4-11)8(10)7(9)3-6/h2-3,11H,4,10H2,1H3. The minimum Gasteiger partial charge on any atom is -0.497 e. The van der Waals surface area contributed by atoms with E-state index in [1.165, 1.54) is 7.11 Å². The Morgan fingerprint density at radius 2 is 2.25 bits per heavy atom. The molecular weight excluding hydrogens is 178 g/mol. The average Bonchev–Trinajstić information content (AvgIpc) is 2.09. The van der Waals surface area contributed by atoms with Gasteiger partial charge in [-0.15, -0.1) is 0 Å². The van der Waals surface area contributed by atoms with E-state index in [4.69, 9.17) is 27.2 Å². The highest BCUT2D eigenvalue weighted by atomic mass is 35.5. The summed E-state index contributed by atoms with van der Waals surface area (Å²) >= 11 is 5.76. The van der Waals surface area contributed by atoms with E-state index in [-0.39, 0.29) is 6.61 Å². The van der Waals surface area contributed by atoms with Gasteiger partial charge in [0, 0.05) is 11.6 Å². The second-order valence-corrected chi connectivity index (χ2v) is 2.75. The van der Waals surface area contributed by atoms with Gasteiger partial charge >= 0.3 is 0 Å². The number of ether oxygens (including phenoxy) is 1. The zero-order valence-corrected chi connectivity index (χ0v) is 7.43. The van der Waals surface area contributed by atoms with Crippen molar-refractivity contribution in [3.8, 4) is 5.75 Å². The van der Waals surface area contributed by atoms with Crippen LogP contribution < -0.4 is 10.5 Å². The first-order valence-electron chi connectivity index (χ1n) is 3.41. The number of rotatable bonds is 2. The second kappa shape index (κ2) is 3.65. The quantitative estimate of drug-likeness (QED) is 0.689. The van der Waals surface area contributed by atoms with Gasteiger partial charge in [0.15, 0.2) is 0 Å². The summed E-state index contributed by atoms with van der Waals surface area (Å²) in [7, 11) is 1.53. The largest absolute Gasteiger partial charge is 0.497 e. The van der Waals surface area contributed by atoms with E-state index in [2.05, 4.69) is 0 Å². The molecule has 0 fully saturated rings. The molecule has 3 N–H and O–H groups in total. The van der Waals surface area contributed by atoms with Crippen molar-refractivity contribution in [2.75, 3.05) is 12.8 Å². The van der Waals surface area contributed by atoms with E-state index < -0.39 is 0 Å². The number of hydrogen-bond acceptors (Lipinski definition) is 3. The molecule has 0 radical (unpaired) electrons. The van der Waals surface area contributed by atoms with Crippen molar-refractivity contribution < 1.29 is 9.84 Å². The van der Waals surface area contributed by atoms with Crippen LogP contribution >= 0.6 is 11.6 Å². The van der Waals surface area contributed by atoms with E-state index in [0.717, 1.165) is 0 Å². The van der Waals surface area contributed by atoms with Crippen LogP contribution in [0.4, 0.5) is 5.69 Å². The van der Waals surface area contributed by atoms with Crippen LogP contribution in [-0.2, 0) is 6.61 Å². The Morgan fingerprint density at radius 1 is 1.58 bits per heavy atom. The molecule has 0 spiro atoms. The Balaban J connectivity index is 3.19. The van der Waals surface area contributed by atoms with Crippen LogP contribution in [0.1, 0.15) is 5.56 Å². The van der Waals surface area contributed by atoms with Crippen molar-refractivity contribution in [2.45, 2.75) is 6.61 Å². The zero-order valence-electron chi connectivity index (χ0n) is 6.67. The summed E-state index contributed by atoms with van der Waals surface area (Å²) in [6.07, 6.45) is 0. The first-order valence-corrected chi connectivity index (χ1v) is 3.79. The molecule has 0 heterocycles. The van der Waals surface area contributed by atoms with E-state index in [1.54, 1.807) is 12.1 Å². The van der Waals surface area contributed by atoms with Crippen LogP contribution in [-0.4, -0.2) is 12.2 Å². The summed E-state index contributed by atoms with van der Waals surface area (Å²) in [5.74, 6) is 0.596. The number of nitrogens with two attached hydrogens (primary N) is 1. The molecule has 3 nitrogen and oxygen atoms in total. The lowest BCUT2D eigenvalue weighted by molar-refractivity contribution is 0.281. The van der Waals surface area contributed by atoms with Crippen molar-refractivity contribution in [1.82, 2.24) is 0 Å². The monoisotopic (exact) mass is 187 g/mol. The molecule has 4 heteroatoms. The molecule has 0 saturated heterocycles. The first-order chi connectivity index (χ1) is 5.69. The Hall–Kier alpha value is -0.930. The number of halogens is 1.